The smallest absolute Gasteiger partial charge is 0.342 e. The number of carbonyl (C=O) groups excluding carboxylic acids is 2. The maximum atomic E-state index is 11.9. The van der Waals surface area contributed by atoms with Crippen LogP contribution in [0.2, 0.25) is 0 Å². The van der Waals surface area contributed by atoms with Crippen molar-refractivity contribution in [2.24, 2.45) is 0 Å². The van der Waals surface area contributed by atoms with Gasteiger partial charge in [0.05, 0.1) is 13.4 Å². The van der Waals surface area contributed by atoms with E-state index >= 15 is 0 Å². The Morgan fingerprint density at radius 1 is 1.37 bits per heavy atom. The van der Waals surface area contributed by atoms with E-state index in [0.29, 0.717) is 29.7 Å². The zero-order valence-corrected chi connectivity index (χ0v) is 16.4. The minimum absolute atomic E-state index is 0.123. The lowest BCUT2D eigenvalue weighted by molar-refractivity contribution is -0.120. The summed E-state index contributed by atoms with van der Waals surface area (Å²) in [5.74, 6) is -0.420. The van der Waals surface area contributed by atoms with Crippen molar-refractivity contribution >= 4 is 20.3 Å². The number of nitrogens with one attached hydrogen (secondary N) is 1. The van der Waals surface area contributed by atoms with Gasteiger partial charge in [-0.25, -0.2) is 4.79 Å². The quantitative estimate of drug-likeness (QED) is 0.300. The second-order valence-corrected chi connectivity index (χ2v) is 7.36. The average molecular weight is 397 g/mol. The third-order valence-electron chi connectivity index (χ3n) is 4.47. The highest BCUT2D eigenvalue weighted by molar-refractivity contribution is 7.45. The fraction of sp³-hybridized carbons (Fsp3) is 0.444. The highest BCUT2D eigenvalue weighted by Crippen LogP contribution is 2.42. The molecule has 1 aromatic carbocycles. The molecule has 8 nitrogen and oxygen atoms in total. The van der Waals surface area contributed by atoms with Crippen molar-refractivity contribution in [1.29, 1.82) is 0 Å². The molecule has 0 aromatic heterocycles. The van der Waals surface area contributed by atoms with E-state index in [0.717, 1.165) is 11.1 Å². The van der Waals surface area contributed by atoms with Crippen LogP contribution >= 0.6 is 8.38 Å². The summed E-state index contributed by atoms with van der Waals surface area (Å²) in [6, 6.07) is 0. The van der Waals surface area contributed by atoms with Gasteiger partial charge in [-0.1, -0.05) is 11.6 Å². The van der Waals surface area contributed by atoms with Crippen LogP contribution < -0.4 is 10.1 Å². The number of benzene rings is 1. The molecule has 0 atom stereocenters. The number of rotatable bonds is 8. The fourth-order valence-electron chi connectivity index (χ4n) is 2.96. The fourth-order valence-corrected chi connectivity index (χ4v) is 3.28. The van der Waals surface area contributed by atoms with E-state index < -0.39 is 14.3 Å². The number of phenolic OH excluding ortho intramolecular Hbond substituents is 1. The number of carbonyl (C=O) groups is 2. The summed E-state index contributed by atoms with van der Waals surface area (Å²) in [5.41, 5.74) is 3.02. The van der Waals surface area contributed by atoms with Gasteiger partial charge >= 0.3 is 5.97 Å². The van der Waals surface area contributed by atoms with Gasteiger partial charge in [-0.15, -0.1) is 0 Å². The van der Waals surface area contributed by atoms with E-state index in [1.54, 1.807) is 0 Å². The first-order valence-corrected chi connectivity index (χ1v) is 9.85. The number of aromatic hydroxyl groups is 1. The minimum Gasteiger partial charge on any atom is -0.507 e. The van der Waals surface area contributed by atoms with E-state index in [2.05, 4.69) is 5.32 Å². The summed E-state index contributed by atoms with van der Waals surface area (Å²) in [4.78, 5) is 41.1. The monoisotopic (exact) mass is 397 g/mol. The molecule has 0 aliphatic carbocycles. The highest BCUT2D eigenvalue weighted by atomic mass is 31.2. The van der Waals surface area contributed by atoms with Crippen LogP contribution in [0.3, 0.4) is 0 Å². The van der Waals surface area contributed by atoms with Crippen LogP contribution in [0.1, 0.15) is 46.8 Å². The summed E-state index contributed by atoms with van der Waals surface area (Å²) in [6.45, 7) is 3.80. The summed E-state index contributed by atoms with van der Waals surface area (Å²) in [6.07, 6.45) is 2.75. The number of fused-ring (bicyclic) bond motifs is 1. The van der Waals surface area contributed by atoms with Crippen LogP contribution in [0.5, 0.6) is 11.5 Å². The van der Waals surface area contributed by atoms with Gasteiger partial charge in [0.25, 0.3) is 0 Å². The zero-order valence-electron chi connectivity index (χ0n) is 15.5. The zero-order chi connectivity index (χ0) is 20.1. The molecule has 9 heteroatoms. The number of phenols is 1. The van der Waals surface area contributed by atoms with Crippen molar-refractivity contribution in [2.75, 3.05) is 13.4 Å². The number of esters is 1. The van der Waals surface area contributed by atoms with Crippen LogP contribution in [-0.4, -0.2) is 40.2 Å². The van der Waals surface area contributed by atoms with Crippen molar-refractivity contribution < 1.29 is 34.0 Å². The topological polar surface area (TPSA) is 125 Å². The first kappa shape index (κ1) is 21.2. The molecule has 0 bridgehead atoms. The molecule has 1 aromatic rings. The van der Waals surface area contributed by atoms with Gasteiger partial charge in [-0.3, -0.25) is 4.79 Å². The Morgan fingerprint density at radius 3 is 2.70 bits per heavy atom. The normalized spacial score (nSPS) is 13.6. The maximum absolute atomic E-state index is 11.9. The Kier molecular flexibility index (Phi) is 7.18. The molecule has 1 aliphatic heterocycles. The molecule has 0 saturated heterocycles. The molecule has 1 amide bonds. The maximum Gasteiger partial charge on any atom is 0.342 e. The molecule has 148 valence electrons. The number of amides is 1. The lowest BCUT2D eigenvalue weighted by Gasteiger charge is -2.15. The number of cyclic esters (lactones) is 1. The summed E-state index contributed by atoms with van der Waals surface area (Å²) < 4.78 is 10.5. The first-order chi connectivity index (χ1) is 12.8. The lowest BCUT2D eigenvalue weighted by Crippen LogP contribution is -2.23. The molecule has 1 heterocycles. The van der Waals surface area contributed by atoms with Gasteiger partial charge in [0, 0.05) is 17.5 Å². The van der Waals surface area contributed by atoms with Crippen molar-refractivity contribution in [2.45, 2.75) is 39.7 Å². The SMILES string of the molecule is COc1c(C)c2c(c(O)c1C/C=C(\C)CCC(=O)NCP(O)O)C(=O)OC2. The third kappa shape index (κ3) is 4.97. The van der Waals surface area contributed by atoms with Gasteiger partial charge in [0.1, 0.15) is 23.7 Å². The second kappa shape index (κ2) is 9.17. The lowest BCUT2D eigenvalue weighted by atomic mass is 9.94. The molecular weight excluding hydrogens is 373 g/mol. The predicted molar refractivity (Wildman–Crippen MR) is 99.6 cm³/mol. The molecule has 1 aliphatic rings. The minimum atomic E-state index is -2.14. The van der Waals surface area contributed by atoms with Crippen LogP contribution in [0.25, 0.3) is 0 Å². The summed E-state index contributed by atoms with van der Waals surface area (Å²) in [5, 5.41) is 13.0. The Balaban J connectivity index is 2.12. The second-order valence-electron chi connectivity index (χ2n) is 6.30. The number of allylic oxidation sites excluding steroid dienone is 2. The molecule has 2 rings (SSSR count). The van der Waals surface area contributed by atoms with Crippen molar-refractivity contribution in [3.8, 4) is 11.5 Å². The summed E-state index contributed by atoms with van der Waals surface area (Å²) in [7, 11) is -0.634. The van der Waals surface area contributed by atoms with E-state index in [-0.39, 0.29) is 36.5 Å². The van der Waals surface area contributed by atoms with Gasteiger partial charge in [0.2, 0.25) is 5.91 Å². The molecule has 0 saturated carbocycles. The standard InChI is InChI=1S/C18H24NO7P/c1-10(5-7-14(20)19-9-27(23)24)4-6-12-16(21)15-13(8-26-18(15)22)11(2)17(12)25-3/h4,21,23-24H,5-9H2,1-3H3,(H,19,20)/b10-4+. The molecule has 0 fully saturated rings. The van der Waals surface area contributed by atoms with E-state index in [4.69, 9.17) is 19.3 Å². The first-order valence-electron chi connectivity index (χ1n) is 8.42. The molecule has 0 radical (unpaired) electrons. The molecule has 0 unspecified atom stereocenters. The van der Waals surface area contributed by atoms with Crippen LogP contribution in [0.15, 0.2) is 11.6 Å². The van der Waals surface area contributed by atoms with Gasteiger partial charge < -0.3 is 29.7 Å². The van der Waals surface area contributed by atoms with E-state index in [9.17, 15) is 14.7 Å². The largest absolute Gasteiger partial charge is 0.507 e. The Labute approximate surface area is 158 Å². The van der Waals surface area contributed by atoms with Gasteiger partial charge in [-0.2, -0.15) is 0 Å². The number of methoxy groups -OCH3 is 1. The number of ether oxygens (including phenoxy) is 2. The number of hydrogen-bond acceptors (Lipinski definition) is 7. The molecule has 27 heavy (non-hydrogen) atoms. The third-order valence-corrected chi connectivity index (χ3v) is 4.91. The summed E-state index contributed by atoms with van der Waals surface area (Å²) >= 11 is 0. The van der Waals surface area contributed by atoms with E-state index in [1.165, 1.54) is 7.11 Å². The Bertz CT molecular complexity index is 774. The van der Waals surface area contributed by atoms with Crippen molar-refractivity contribution in [3.63, 3.8) is 0 Å². The van der Waals surface area contributed by atoms with Crippen LogP contribution in [-0.2, 0) is 22.6 Å². The van der Waals surface area contributed by atoms with Crippen molar-refractivity contribution in [3.05, 3.63) is 33.9 Å². The molecule has 4 N–H and O–H groups in total. The average Bonchev–Trinajstić information content (AvgIpc) is 3.02. The predicted octanol–water partition coefficient (Wildman–Crippen LogP) is 2.02. The van der Waals surface area contributed by atoms with Gasteiger partial charge in [0.15, 0.2) is 8.38 Å². The molecule has 0 spiro atoms. The molecular formula is C18H24NO7P. The van der Waals surface area contributed by atoms with Crippen LogP contribution in [0, 0.1) is 6.92 Å². The van der Waals surface area contributed by atoms with Gasteiger partial charge in [-0.05, 0) is 32.3 Å². The highest BCUT2D eigenvalue weighted by Gasteiger charge is 2.31. The Morgan fingerprint density at radius 2 is 2.07 bits per heavy atom. The van der Waals surface area contributed by atoms with E-state index in [1.807, 2.05) is 19.9 Å². The number of hydrogen-bond donors (Lipinski definition) is 4. The van der Waals surface area contributed by atoms with Crippen molar-refractivity contribution in [1.82, 2.24) is 5.32 Å². The van der Waals surface area contributed by atoms with Crippen LogP contribution in [0.4, 0.5) is 0 Å². The Hall–Kier alpha value is -2.15.